The number of amides is 3. The van der Waals surface area contributed by atoms with Crippen molar-refractivity contribution in [3.05, 3.63) is 63.3 Å². The van der Waals surface area contributed by atoms with Gasteiger partial charge in [-0.15, -0.1) is 17.9 Å². The summed E-state index contributed by atoms with van der Waals surface area (Å²) in [6, 6.07) is 7.12. The molecule has 0 spiro atoms. The first-order valence-electron chi connectivity index (χ1n) is 10.3. The third-order valence-electron chi connectivity index (χ3n) is 5.24. The molecular weight excluding hydrogens is 434 g/mol. The minimum absolute atomic E-state index is 0.00607. The molecule has 1 aromatic heterocycles. The van der Waals surface area contributed by atoms with Crippen LogP contribution in [0.5, 0.6) is 5.75 Å². The third kappa shape index (κ3) is 5.60. The summed E-state index contributed by atoms with van der Waals surface area (Å²) in [5.41, 5.74) is 2.05. The maximum atomic E-state index is 13.2. The van der Waals surface area contributed by atoms with Gasteiger partial charge in [-0.3, -0.25) is 4.79 Å². The lowest BCUT2D eigenvalue weighted by Crippen LogP contribution is -2.49. The summed E-state index contributed by atoms with van der Waals surface area (Å²) in [4.78, 5) is 30.1. The number of benzene rings is 1. The molecule has 1 aliphatic rings. The number of hydrogen-bond acceptors (Lipinski definition) is 4. The van der Waals surface area contributed by atoms with E-state index in [2.05, 4.69) is 23.3 Å². The Balaban J connectivity index is 1.77. The van der Waals surface area contributed by atoms with E-state index in [9.17, 15) is 9.59 Å². The van der Waals surface area contributed by atoms with Gasteiger partial charge in [0, 0.05) is 29.5 Å². The molecule has 6 nitrogen and oxygen atoms in total. The van der Waals surface area contributed by atoms with Gasteiger partial charge in [0.1, 0.15) is 18.9 Å². The highest BCUT2D eigenvalue weighted by Crippen LogP contribution is 2.34. The number of ether oxygens (including phenoxy) is 1. The normalized spacial score (nSPS) is 15.2. The summed E-state index contributed by atoms with van der Waals surface area (Å²) in [7, 11) is 0. The van der Waals surface area contributed by atoms with E-state index in [4.69, 9.17) is 16.3 Å². The highest BCUT2D eigenvalue weighted by Gasteiger charge is 2.33. The van der Waals surface area contributed by atoms with Crippen LogP contribution >= 0.6 is 22.9 Å². The van der Waals surface area contributed by atoms with Gasteiger partial charge in [0.05, 0.1) is 6.04 Å². The van der Waals surface area contributed by atoms with Crippen LogP contribution in [0.1, 0.15) is 29.0 Å². The molecule has 1 aliphatic heterocycles. The Morgan fingerprint density at radius 1 is 1.42 bits per heavy atom. The van der Waals surface area contributed by atoms with E-state index in [1.54, 1.807) is 17.4 Å². The molecule has 2 aromatic rings. The molecule has 31 heavy (non-hydrogen) atoms. The second-order valence-electron chi connectivity index (χ2n) is 7.38. The number of nitrogens with one attached hydrogen (secondary N) is 1. The molecule has 2 heterocycles. The SMILES string of the molecule is C=CCN(CC(=O)N1CCc2sccc2[C@@H]1COc1ccc(Cl)c(C)c1)C(=O)NCC. The zero-order valence-corrected chi connectivity index (χ0v) is 19.5. The van der Waals surface area contributed by atoms with Crippen molar-refractivity contribution < 1.29 is 14.3 Å². The van der Waals surface area contributed by atoms with Crippen molar-refractivity contribution in [2.24, 2.45) is 0 Å². The molecule has 0 fully saturated rings. The number of fused-ring (bicyclic) bond motifs is 1. The Hall–Kier alpha value is -2.51. The van der Waals surface area contributed by atoms with Crippen molar-refractivity contribution in [1.29, 1.82) is 0 Å². The molecule has 3 rings (SSSR count). The fraction of sp³-hybridized carbons (Fsp3) is 0.391. The predicted molar refractivity (Wildman–Crippen MR) is 125 cm³/mol. The molecule has 0 radical (unpaired) electrons. The summed E-state index contributed by atoms with van der Waals surface area (Å²) < 4.78 is 6.07. The molecule has 166 valence electrons. The number of rotatable bonds is 8. The van der Waals surface area contributed by atoms with Gasteiger partial charge < -0.3 is 19.9 Å². The standard InChI is InChI=1S/C23H28ClN3O3S/c1-4-10-26(23(29)25-5-2)14-22(28)27-11-8-21-18(9-12-31-21)20(27)15-30-17-6-7-19(24)16(3)13-17/h4,6-7,9,12-13,20H,1,5,8,10-11,14-15H2,2-3H3,(H,25,29)/t20-/m0/s1. The molecule has 0 bridgehead atoms. The molecular formula is C23H28ClN3O3S. The summed E-state index contributed by atoms with van der Waals surface area (Å²) in [6.45, 7) is 9.21. The van der Waals surface area contributed by atoms with E-state index in [1.807, 2.05) is 36.9 Å². The van der Waals surface area contributed by atoms with Gasteiger partial charge in [0.25, 0.3) is 0 Å². The Labute approximate surface area is 192 Å². The first kappa shape index (κ1) is 23.2. The van der Waals surface area contributed by atoms with Crippen molar-refractivity contribution in [3.63, 3.8) is 0 Å². The number of urea groups is 1. The number of hydrogen-bond donors (Lipinski definition) is 1. The minimum Gasteiger partial charge on any atom is -0.491 e. The quantitative estimate of drug-likeness (QED) is 0.591. The van der Waals surface area contributed by atoms with Crippen LogP contribution in [0.2, 0.25) is 5.02 Å². The minimum atomic E-state index is -0.270. The third-order valence-corrected chi connectivity index (χ3v) is 6.66. The van der Waals surface area contributed by atoms with Crippen molar-refractivity contribution >= 4 is 34.9 Å². The average Bonchev–Trinajstić information content (AvgIpc) is 3.23. The van der Waals surface area contributed by atoms with E-state index in [-0.39, 0.29) is 24.5 Å². The Bertz CT molecular complexity index is 946. The average molecular weight is 462 g/mol. The first-order chi connectivity index (χ1) is 14.9. The highest BCUT2D eigenvalue weighted by atomic mass is 35.5. The van der Waals surface area contributed by atoms with Crippen molar-refractivity contribution in [2.75, 3.05) is 32.8 Å². The fourth-order valence-corrected chi connectivity index (χ4v) is 4.69. The van der Waals surface area contributed by atoms with E-state index >= 15 is 0 Å². The van der Waals surface area contributed by atoms with Crippen LogP contribution in [0.25, 0.3) is 0 Å². The van der Waals surface area contributed by atoms with E-state index in [0.717, 1.165) is 17.5 Å². The first-order valence-corrected chi connectivity index (χ1v) is 11.6. The summed E-state index contributed by atoms with van der Waals surface area (Å²) in [6.07, 6.45) is 2.43. The number of thiophene rings is 1. The van der Waals surface area contributed by atoms with E-state index < -0.39 is 0 Å². The Kier molecular flexibility index (Phi) is 7.98. The van der Waals surface area contributed by atoms with Crippen molar-refractivity contribution in [3.8, 4) is 5.75 Å². The second-order valence-corrected chi connectivity index (χ2v) is 8.79. The molecule has 1 N–H and O–H groups in total. The second kappa shape index (κ2) is 10.7. The van der Waals surface area contributed by atoms with Crippen LogP contribution < -0.4 is 10.1 Å². The van der Waals surface area contributed by atoms with Crippen molar-refractivity contribution in [2.45, 2.75) is 26.3 Å². The number of nitrogens with zero attached hydrogens (tertiary/aromatic N) is 2. The number of carbonyl (C=O) groups is 2. The Morgan fingerprint density at radius 2 is 2.23 bits per heavy atom. The van der Waals surface area contributed by atoms with Crippen molar-refractivity contribution in [1.82, 2.24) is 15.1 Å². The Morgan fingerprint density at radius 3 is 2.94 bits per heavy atom. The monoisotopic (exact) mass is 461 g/mol. The molecule has 3 amide bonds. The molecule has 1 aromatic carbocycles. The van der Waals surface area contributed by atoms with Gasteiger partial charge in [-0.2, -0.15) is 0 Å². The lowest BCUT2D eigenvalue weighted by molar-refractivity contribution is -0.135. The van der Waals surface area contributed by atoms with E-state index in [0.29, 0.717) is 37.0 Å². The summed E-state index contributed by atoms with van der Waals surface area (Å²) in [5, 5.41) is 5.49. The number of halogens is 1. The number of aryl methyl sites for hydroxylation is 1. The lowest BCUT2D eigenvalue weighted by Gasteiger charge is -2.37. The zero-order chi connectivity index (χ0) is 22.4. The van der Waals surface area contributed by atoms with Gasteiger partial charge in [0.15, 0.2) is 0 Å². The molecule has 0 saturated heterocycles. The summed E-state index contributed by atoms with van der Waals surface area (Å²) in [5.74, 6) is 0.609. The number of carbonyl (C=O) groups excluding carboxylic acids is 2. The predicted octanol–water partition coefficient (Wildman–Crippen LogP) is 4.43. The van der Waals surface area contributed by atoms with Crippen LogP contribution in [0.3, 0.4) is 0 Å². The molecule has 0 saturated carbocycles. The van der Waals surface area contributed by atoms with E-state index in [1.165, 1.54) is 9.78 Å². The zero-order valence-electron chi connectivity index (χ0n) is 17.9. The highest BCUT2D eigenvalue weighted by molar-refractivity contribution is 7.10. The lowest BCUT2D eigenvalue weighted by atomic mass is 10.0. The van der Waals surface area contributed by atoms with Crippen LogP contribution in [0.15, 0.2) is 42.3 Å². The summed E-state index contributed by atoms with van der Waals surface area (Å²) >= 11 is 7.82. The van der Waals surface area contributed by atoms with Crippen LogP contribution in [-0.4, -0.2) is 54.5 Å². The van der Waals surface area contributed by atoms with Crippen LogP contribution in [0.4, 0.5) is 4.79 Å². The van der Waals surface area contributed by atoms with Gasteiger partial charge in [-0.05, 0) is 61.0 Å². The maximum absolute atomic E-state index is 13.2. The topological polar surface area (TPSA) is 61.9 Å². The fourth-order valence-electron chi connectivity index (χ4n) is 3.65. The largest absolute Gasteiger partial charge is 0.491 e. The van der Waals surface area contributed by atoms with Crippen LogP contribution in [-0.2, 0) is 11.2 Å². The molecule has 0 unspecified atom stereocenters. The molecule has 0 aliphatic carbocycles. The van der Waals surface area contributed by atoms with Crippen LogP contribution in [0, 0.1) is 6.92 Å². The molecule has 8 heteroatoms. The van der Waals surface area contributed by atoms with Gasteiger partial charge in [-0.1, -0.05) is 17.7 Å². The molecule has 1 atom stereocenters. The van der Waals surface area contributed by atoms with Gasteiger partial charge in [-0.25, -0.2) is 4.79 Å². The smallest absolute Gasteiger partial charge is 0.318 e. The van der Waals surface area contributed by atoms with Gasteiger partial charge >= 0.3 is 6.03 Å². The maximum Gasteiger partial charge on any atom is 0.318 e. The van der Waals surface area contributed by atoms with Gasteiger partial charge in [0.2, 0.25) is 5.91 Å².